The number of carbonyl (C=O) groups excluding carboxylic acids is 1. The van der Waals surface area contributed by atoms with Crippen LogP contribution in [0.15, 0.2) is 6.07 Å². The molecule has 0 atom stereocenters. The summed E-state index contributed by atoms with van der Waals surface area (Å²) in [5.74, 6) is -0.389. The number of hydrogen-bond donors (Lipinski definition) is 3. The molecular weight excluding hydrogens is 230 g/mol. The molecule has 0 bridgehead atoms. The number of rotatable bonds is 3. The maximum absolute atomic E-state index is 11.1. The molecule has 0 aliphatic heterocycles. The summed E-state index contributed by atoms with van der Waals surface area (Å²) in [6.07, 6.45) is 0.0518. The maximum Gasteiger partial charge on any atom is 0.310 e. The molecule has 0 aliphatic rings. The Balaban J connectivity index is 3.18. The van der Waals surface area contributed by atoms with Crippen LogP contribution in [-0.4, -0.2) is 20.1 Å². The highest BCUT2D eigenvalue weighted by Gasteiger charge is 2.14. The van der Waals surface area contributed by atoms with Crippen LogP contribution in [0.1, 0.15) is 5.56 Å². The molecule has 0 saturated carbocycles. The first kappa shape index (κ1) is 12.4. The average Bonchev–Trinajstić information content (AvgIpc) is 2.26. The van der Waals surface area contributed by atoms with E-state index in [1.165, 1.54) is 7.11 Å². The first-order valence-electron chi connectivity index (χ1n) is 4.62. The van der Waals surface area contributed by atoms with E-state index in [0.29, 0.717) is 27.6 Å². The van der Waals surface area contributed by atoms with Crippen LogP contribution in [0.5, 0.6) is 0 Å². The minimum atomic E-state index is -0.389. The lowest BCUT2D eigenvalue weighted by Crippen LogP contribution is -2.09. The van der Waals surface area contributed by atoms with Gasteiger partial charge in [0.1, 0.15) is 0 Å². The van der Waals surface area contributed by atoms with Crippen LogP contribution in [0.3, 0.4) is 0 Å². The van der Waals surface area contributed by atoms with Crippen molar-refractivity contribution in [3.05, 3.63) is 16.7 Å². The number of ether oxygens (including phenoxy) is 1. The number of halogens is 1. The predicted octanol–water partition coefficient (Wildman–Crippen LogP) is 1.26. The molecule has 0 aromatic heterocycles. The van der Waals surface area contributed by atoms with Crippen molar-refractivity contribution in [2.75, 3.05) is 30.9 Å². The van der Waals surface area contributed by atoms with Gasteiger partial charge in [0.05, 0.1) is 35.6 Å². The molecule has 0 amide bonds. The molecule has 6 heteroatoms. The zero-order valence-corrected chi connectivity index (χ0v) is 9.89. The van der Waals surface area contributed by atoms with Gasteiger partial charge in [0.25, 0.3) is 0 Å². The van der Waals surface area contributed by atoms with Crippen molar-refractivity contribution < 1.29 is 9.53 Å². The number of methoxy groups -OCH3 is 1. The van der Waals surface area contributed by atoms with Crippen LogP contribution in [0.25, 0.3) is 0 Å². The van der Waals surface area contributed by atoms with E-state index in [-0.39, 0.29) is 12.4 Å². The molecule has 5 nitrogen and oxygen atoms in total. The van der Waals surface area contributed by atoms with Crippen molar-refractivity contribution in [2.24, 2.45) is 0 Å². The van der Waals surface area contributed by atoms with E-state index < -0.39 is 0 Å². The zero-order valence-electron chi connectivity index (χ0n) is 9.13. The molecule has 0 unspecified atom stereocenters. The largest absolute Gasteiger partial charge is 0.469 e. The van der Waals surface area contributed by atoms with Crippen LogP contribution >= 0.6 is 11.6 Å². The minimum Gasteiger partial charge on any atom is -0.469 e. The number of benzene rings is 1. The van der Waals surface area contributed by atoms with Crippen molar-refractivity contribution in [1.82, 2.24) is 0 Å². The second kappa shape index (κ2) is 4.94. The first-order valence-corrected chi connectivity index (χ1v) is 5.00. The van der Waals surface area contributed by atoms with Gasteiger partial charge in [-0.3, -0.25) is 4.79 Å². The standard InChI is InChI=1S/C10H14ClN3O2/c1-14-10-6(12)3-5(4-7(15)16-2)9(13)8(10)11/h3,14H,4,12-13H2,1-2H3. The molecule has 0 heterocycles. The molecule has 1 aromatic carbocycles. The summed E-state index contributed by atoms with van der Waals surface area (Å²) >= 11 is 6.01. The van der Waals surface area contributed by atoms with Gasteiger partial charge in [-0.1, -0.05) is 11.6 Å². The monoisotopic (exact) mass is 243 g/mol. The molecule has 1 aromatic rings. The quantitative estimate of drug-likeness (QED) is 0.549. The molecule has 1 rings (SSSR count). The van der Waals surface area contributed by atoms with Gasteiger partial charge >= 0.3 is 5.97 Å². The lowest BCUT2D eigenvalue weighted by Gasteiger charge is -2.13. The summed E-state index contributed by atoms with van der Waals surface area (Å²) in [6, 6.07) is 1.62. The third-order valence-corrected chi connectivity index (χ3v) is 2.63. The van der Waals surface area contributed by atoms with E-state index >= 15 is 0 Å². The Morgan fingerprint density at radius 2 is 2.19 bits per heavy atom. The van der Waals surface area contributed by atoms with E-state index in [0.717, 1.165) is 0 Å². The van der Waals surface area contributed by atoms with E-state index in [2.05, 4.69) is 10.1 Å². The third kappa shape index (κ3) is 2.30. The number of hydrogen-bond acceptors (Lipinski definition) is 5. The molecule has 0 saturated heterocycles. The van der Waals surface area contributed by atoms with Gasteiger partial charge in [0, 0.05) is 7.05 Å². The van der Waals surface area contributed by atoms with Crippen LogP contribution in [0.4, 0.5) is 17.1 Å². The highest BCUT2D eigenvalue weighted by atomic mass is 35.5. The van der Waals surface area contributed by atoms with E-state index in [1.807, 2.05) is 0 Å². The highest BCUT2D eigenvalue weighted by molar-refractivity contribution is 6.36. The SMILES string of the molecule is CNc1c(N)cc(CC(=O)OC)c(N)c1Cl. The second-order valence-electron chi connectivity index (χ2n) is 3.23. The van der Waals surface area contributed by atoms with Gasteiger partial charge in [-0.15, -0.1) is 0 Å². The Morgan fingerprint density at radius 3 is 2.69 bits per heavy atom. The molecule has 0 radical (unpaired) electrons. The van der Waals surface area contributed by atoms with Crippen LogP contribution in [-0.2, 0) is 16.0 Å². The Morgan fingerprint density at radius 1 is 1.56 bits per heavy atom. The second-order valence-corrected chi connectivity index (χ2v) is 3.61. The fraction of sp³-hybridized carbons (Fsp3) is 0.300. The smallest absolute Gasteiger partial charge is 0.310 e. The molecule has 16 heavy (non-hydrogen) atoms. The number of anilines is 3. The van der Waals surface area contributed by atoms with Gasteiger partial charge in [0.15, 0.2) is 0 Å². The highest BCUT2D eigenvalue weighted by Crippen LogP contribution is 2.36. The Labute approximate surface area is 98.7 Å². The van der Waals surface area contributed by atoms with Crippen molar-refractivity contribution in [2.45, 2.75) is 6.42 Å². The molecule has 88 valence electrons. The predicted molar refractivity (Wildman–Crippen MR) is 65.5 cm³/mol. The van der Waals surface area contributed by atoms with Gasteiger partial charge in [-0.25, -0.2) is 0 Å². The van der Waals surface area contributed by atoms with E-state index in [1.54, 1.807) is 13.1 Å². The van der Waals surface area contributed by atoms with Crippen molar-refractivity contribution >= 4 is 34.6 Å². The maximum atomic E-state index is 11.1. The fourth-order valence-corrected chi connectivity index (χ4v) is 1.69. The molecule has 5 N–H and O–H groups in total. The summed E-state index contributed by atoms with van der Waals surface area (Å²) in [7, 11) is 3.00. The molecular formula is C10H14ClN3O2. The zero-order chi connectivity index (χ0) is 12.3. The van der Waals surface area contributed by atoms with Gasteiger partial charge < -0.3 is 21.5 Å². The van der Waals surface area contributed by atoms with Gasteiger partial charge in [0.2, 0.25) is 0 Å². The number of nitrogens with two attached hydrogens (primary N) is 2. The lowest BCUT2D eigenvalue weighted by molar-refractivity contribution is -0.139. The van der Waals surface area contributed by atoms with Crippen molar-refractivity contribution in [3.8, 4) is 0 Å². The number of esters is 1. The number of carbonyl (C=O) groups is 1. The van der Waals surface area contributed by atoms with E-state index in [9.17, 15) is 4.79 Å². The lowest BCUT2D eigenvalue weighted by atomic mass is 10.1. The number of nitrogen functional groups attached to an aromatic ring is 2. The Bertz CT molecular complexity index is 421. The van der Waals surface area contributed by atoms with E-state index in [4.69, 9.17) is 23.1 Å². The Kier molecular flexibility index (Phi) is 3.84. The fourth-order valence-electron chi connectivity index (χ4n) is 1.37. The summed E-state index contributed by atoms with van der Waals surface area (Å²) in [5.41, 5.74) is 13.5. The van der Waals surface area contributed by atoms with Gasteiger partial charge in [-0.05, 0) is 11.6 Å². The van der Waals surface area contributed by atoms with Crippen LogP contribution in [0, 0.1) is 0 Å². The molecule has 0 fully saturated rings. The van der Waals surface area contributed by atoms with Crippen molar-refractivity contribution in [1.29, 1.82) is 0 Å². The molecule has 0 aliphatic carbocycles. The first-order chi connectivity index (χ1) is 7.51. The topological polar surface area (TPSA) is 90.4 Å². The minimum absolute atomic E-state index is 0.0518. The summed E-state index contributed by atoms with van der Waals surface area (Å²) < 4.78 is 4.55. The van der Waals surface area contributed by atoms with Crippen LogP contribution in [0.2, 0.25) is 5.02 Å². The molecule has 0 spiro atoms. The number of nitrogens with one attached hydrogen (secondary N) is 1. The Hall–Kier alpha value is -1.62. The van der Waals surface area contributed by atoms with Crippen molar-refractivity contribution in [3.63, 3.8) is 0 Å². The summed E-state index contributed by atoms with van der Waals surface area (Å²) in [4.78, 5) is 11.1. The average molecular weight is 244 g/mol. The van der Waals surface area contributed by atoms with Gasteiger partial charge in [-0.2, -0.15) is 0 Å². The summed E-state index contributed by atoms with van der Waals surface area (Å²) in [5, 5.41) is 3.17. The normalized spacial score (nSPS) is 9.94. The third-order valence-electron chi connectivity index (χ3n) is 2.23. The van der Waals surface area contributed by atoms with Crippen LogP contribution < -0.4 is 16.8 Å². The summed E-state index contributed by atoms with van der Waals surface area (Å²) in [6.45, 7) is 0.